The molecule has 0 radical (unpaired) electrons. The van der Waals surface area contributed by atoms with Crippen LogP contribution in [0.15, 0.2) is 64.5 Å². The third-order valence-electron chi connectivity index (χ3n) is 11.1. The van der Waals surface area contributed by atoms with Gasteiger partial charge >= 0.3 is 7.12 Å². The number of aryl methyl sites for hydroxylation is 2. The van der Waals surface area contributed by atoms with Crippen LogP contribution in [-0.4, -0.2) is 18.3 Å². The van der Waals surface area contributed by atoms with E-state index in [4.69, 9.17) is 9.31 Å². The first kappa shape index (κ1) is 42.9. The Morgan fingerprint density at radius 2 is 1.10 bits per heavy atom. The first-order valence-corrected chi connectivity index (χ1v) is 22.0. The highest BCUT2D eigenvalue weighted by atomic mass is 79.9. The molecule has 1 aliphatic heterocycles. The van der Waals surface area contributed by atoms with Gasteiger partial charge in [-0.05, 0) is 123 Å². The van der Waals surface area contributed by atoms with Gasteiger partial charge < -0.3 is 9.31 Å². The molecule has 2 aromatic heterocycles. The predicted molar refractivity (Wildman–Crippen MR) is 226 cm³/mol. The third kappa shape index (κ3) is 11.8. The molecule has 4 aromatic rings. The van der Waals surface area contributed by atoms with Crippen LogP contribution in [0.5, 0.6) is 0 Å². The second-order valence-electron chi connectivity index (χ2n) is 15.4. The molecular weight excluding hydrogens is 753 g/mol. The van der Waals surface area contributed by atoms with Crippen LogP contribution in [0.2, 0.25) is 0 Å². The molecule has 0 saturated carbocycles. The van der Waals surface area contributed by atoms with Crippen molar-refractivity contribution in [2.45, 2.75) is 144 Å². The van der Waals surface area contributed by atoms with Crippen LogP contribution >= 0.6 is 38.6 Å². The van der Waals surface area contributed by atoms with Crippen LogP contribution < -0.4 is 4.78 Å². The van der Waals surface area contributed by atoms with E-state index < -0.39 is 7.12 Å². The Balaban J connectivity index is 0.000000244. The summed E-state index contributed by atoms with van der Waals surface area (Å²) < 4.78 is 43.6. The molecule has 3 heterocycles. The lowest BCUT2D eigenvalue weighted by atomic mass is 9.88. The molecule has 52 heavy (non-hydrogen) atoms. The monoisotopic (exact) mass is 812 g/mol. The summed E-state index contributed by atoms with van der Waals surface area (Å²) in [7, 11) is -0.398. The van der Waals surface area contributed by atoms with Crippen LogP contribution in [0.4, 0.5) is 8.78 Å². The van der Waals surface area contributed by atoms with Gasteiger partial charge in [0.2, 0.25) is 0 Å². The summed E-state index contributed by atoms with van der Waals surface area (Å²) in [4.78, 5) is 1.89. The molecule has 8 heteroatoms. The molecule has 2 nitrogen and oxygen atoms in total. The van der Waals surface area contributed by atoms with Gasteiger partial charge in [-0.1, -0.05) is 109 Å². The Labute approximate surface area is 330 Å². The number of halogens is 3. The van der Waals surface area contributed by atoms with Gasteiger partial charge in [0.25, 0.3) is 0 Å². The first-order valence-electron chi connectivity index (χ1n) is 19.6. The highest BCUT2D eigenvalue weighted by Gasteiger charge is 2.52. The van der Waals surface area contributed by atoms with Crippen LogP contribution in [0.3, 0.4) is 0 Å². The minimum Gasteiger partial charge on any atom is -0.399 e. The minimum absolute atomic E-state index is 0.103. The van der Waals surface area contributed by atoms with Crippen molar-refractivity contribution in [3.8, 4) is 20.9 Å². The Morgan fingerprint density at radius 3 is 1.50 bits per heavy atom. The Hall–Kier alpha value is -1.84. The van der Waals surface area contributed by atoms with Gasteiger partial charge in [0.05, 0.1) is 15.0 Å². The van der Waals surface area contributed by atoms with Gasteiger partial charge in [-0.3, -0.25) is 0 Å². The zero-order valence-corrected chi connectivity index (χ0v) is 36.0. The summed E-state index contributed by atoms with van der Waals surface area (Å²) in [5.74, 6) is 1.27. The summed E-state index contributed by atoms with van der Waals surface area (Å²) in [5, 5.41) is 0. The van der Waals surface area contributed by atoms with Crippen molar-refractivity contribution < 1.29 is 18.1 Å². The van der Waals surface area contributed by atoms with E-state index in [1.54, 1.807) is 34.8 Å². The molecule has 5 rings (SSSR count). The molecule has 0 bridgehead atoms. The van der Waals surface area contributed by atoms with Crippen molar-refractivity contribution in [1.82, 2.24) is 0 Å². The average molecular weight is 814 g/mol. The van der Waals surface area contributed by atoms with E-state index in [2.05, 4.69) is 55.8 Å². The Kier molecular flexibility index (Phi) is 16.7. The van der Waals surface area contributed by atoms with Crippen molar-refractivity contribution in [3.05, 3.63) is 87.2 Å². The van der Waals surface area contributed by atoms with Crippen molar-refractivity contribution in [2.75, 3.05) is 0 Å². The maximum absolute atomic E-state index is 14.9. The quantitative estimate of drug-likeness (QED) is 0.0989. The lowest BCUT2D eigenvalue weighted by Crippen LogP contribution is -2.41. The molecule has 1 aliphatic rings. The number of thiophene rings is 2. The van der Waals surface area contributed by atoms with E-state index >= 15 is 0 Å². The third-order valence-corrected chi connectivity index (χ3v) is 13.8. The van der Waals surface area contributed by atoms with Gasteiger partial charge in [0.1, 0.15) is 11.6 Å². The maximum atomic E-state index is 14.9. The summed E-state index contributed by atoms with van der Waals surface area (Å²) >= 11 is 6.55. The van der Waals surface area contributed by atoms with Crippen LogP contribution in [-0.2, 0) is 22.2 Å². The van der Waals surface area contributed by atoms with Crippen LogP contribution in [0, 0.1) is 23.5 Å². The van der Waals surface area contributed by atoms with E-state index in [0.717, 1.165) is 60.5 Å². The molecule has 0 aliphatic carbocycles. The standard InChI is InChI=1S/C25H36BFO2S.C19H24BrFS/c1-7-9-10-18(8-2)11-12-19-13-14-20(21(27)17-19)22-15-16-23(30-22)26-28-24(3,4)25(5,6)29-26;1-3-5-6-14(4-2)7-8-15-9-10-16(17(21)13-15)18-11-12-19(20)22-18/h13-18H,7-12H2,1-6H3;9-14H,3-8H2,1-2H3. The Morgan fingerprint density at radius 1 is 0.635 bits per heavy atom. The molecule has 284 valence electrons. The summed E-state index contributed by atoms with van der Waals surface area (Å²) in [6.45, 7) is 17.2. The molecular formula is C44H60BBrF2O2S2. The largest absolute Gasteiger partial charge is 0.505 e. The fraction of sp³-hybridized carbons (Fsp3) is 0.545. The molecule has 1 fully saturated rings. The summed E-state index contributed by atoms with van der Waals surface area (Å²) in [6, 6.07) is 19.4. The SMILES string of the molecule is CCCCC(CC)CCc1ccc(-c2ccc(B3OC(C)(C)C(C)(C)O3)s2)c(F)c1.CCCCC(CC)CCc1ccc(-c2ccc(Br)s2)c(F)c1. The molecule has 2 unspecified atom stereocenters. The van der Waals surface area contributed by atoms with E-state index in [1.807, 2.05) is 64.1 Å². The van der Waals surface area contributed by atoms with Crippen molar-refractivity contribution >= 4 is 50.5 Å². The first-order chi connectivity index (χ1) is 24.8. The van der Waals surface area contributed by atoms with E-state index in [-0.39, 0.29) is 22.8 Å². The number of benzene rings is 2. The molecule has 2 atom stereocenters. The summed E-state index contributed by atoms with van der Waals surface area (Å²) in [5.41, 5.74) is 2.83. The van der Waals surface area contributed by atoms with Crippen molar-refractivity contribution in [3.63, 3.8) is 0 Å². The fourth-order valence-electron chi connectivity index (χ4n) is 6.70. The molecule has 2 aromatic carbocycles. The van der Waals surface area contributed by atoms with Crippen LogP contribution in [0.1, 0.15) is 131 Å². The normalized spacial score (nSPS) is 16.1. The highest BCUT2D eigenvalue weighted by Crippen LogP contribution is 2.38. The lowest BCUT2D eigenvalue weighted by molar-refractivity contribution is 0.00578. The molecule has 0 amide bonds. The van der Waals surface area contributed by atoms with E-state index in [1.165, 1.54) is 57.8 Å². The maximum Gasteiger partial charge on any atom is 0.505 e. The smallest absolute Gasteiger partial charge is 0.399 e. The van der Waals surface area contributed by atoms with E-state index in [9.17, 15) is 8.78 Å². The summed E-state index contributed by atoms with van der Waals surface area (Å²) in [6.07, 6.45) is 14.3. The second-order valence-corrected chi connectivity index (χ2v) is 19.0. The van der Waals surface area contributed by atoms with E-state index in [0.29, 0.717) is 11.1 Å². The van der Waals surface area contributed by atoms with Gasteiger partial charge in [0, 0.05) is 25.7 Å². The zero-order valence-electron chi connectivity index (χ0n) is 32.8. The topological polar surface area (TPSA) is 18.5 Å². The van der Waals surface area contributed by atoms with Gasteiger partial charge in [0.15, 0.2) is 0 Å². The highest BCUT2D eigenvalue weighted by molar-refractivity contribution is 9.11. The predicted octanol–water partition coefficient (Wildman–Crippen LogP) is 14.5. The average Bonchev–Trinajstić information content (AvgIpc) is 3.82. The van der Waals surface area contributed by atoms with Crippen molar-refractivity contribution in [2.24, 2.45) is 11.8 Å². The molecule has 1 saturated heterocycles. The number of hydrogen-bond acceptors (Lipinski definition) is 4. The van der Waals surface area contributed by atoms with Crippen molar-refractivity contribution in [1.29, 1.82) is 0 Å². The second kappa shape index (κ2) is 20.2. The fourth-order valence-corrected chi connectivity index (χ4v) is 9.11. The lowest BCUT2D eigenvalue weighted by Gasteiger charge is -2.32. The Bertz CT molecular complexity index is 1670. The number of unbranched alkanes of at least 4 members (excludes halogenated alkanes) is 2. The molecule has 0 spiro atoms. The number of hydrogen-bond donors (Lipinski definition) is 0. The zero-order chi connectivity index (χ0) is 37.9. The van der Waals surface area contributed by atoms with Gasteiger partial charge in [-0.2, -0.15) is 0 Å². The molecule has 0 N–H and O–H groups in total. The van der Waals surface area contributed by atoms with Gasteiger partial charge in [-0.25, -0.2) is 8.78 Å². The number of rotatable bonds is 17. The van der Waals surface area contributed by atoms with Gasteiger partial charge in [-0.15, -0.1) is 22.7 Å². The minimum atomic E-state index is -0.398. The van der Waals surface area contributed by atoms with Crippen LogP contribution in [0.25, 0.3) is 20.9 Å².